The Labute approximate surface area is 83.4 Å². The van der Waals surface area contributed by atoms with Crippen LogP contribution in [-0.2, 0) is 4.79 Å². The molecule has 1 amide bonds. The Kier molecular flexibility index (Phi) is 3.61. The number of carbonyl (C=O) groups is 1. The van der Waals surface area contributed by atoms with E-state index in [1.165, 1.54) is 11.1 Å². The van der Waals surface area contributed by atoms with Crippen molar-refractivity contribution in [3.63, 3.8) is 0 Å². The summed E-state index contributed by atoms with van der Waals surface area (Å²) in [7, 11) is 1.59. The van der Waals surface area contributed by atoms with Gasteiger partial charge in [-0.15, -0.1) is 0 Å². The maximum Gasteiger partial charge on any atom is 0.265 e. The first-order chi connectivity index (χ1) is 6.74. The van der Waals surface area contributed by atoms with Gasteiger partial charge in [-0.05, 0) is 11.6 Å². The zero-order valence-corrected chi connectivity index (χ0v) is 8.05. The lowest BCUT2D eigenvalue weighted by Crippen LogP contribution is -2.18. The summed E-state index contributed by atoms with van der Waals surface area (Å²) in [5, 5.41) is 5.19. The molecule has 0 saturated heterocycles. The largest absolute Gasteiger partial charge is 0.268 e. The number of nitrogens with zero attached hydrogens (tertiary/aromatic N) is 2. The Hall–Kier alpha value is -1.90. The van der Waals surface area contributed by atoms with Crippen LogP contribution in [0.5, 0.6) is 0 Å². The SMILES string of the molecule is C=CC(=O)N(C)/N=C/c1ccccc1. The highest BCUT2D eigenvalue weighted by atomic mass is 16.2. The van der Waals surface area contributed by atoms with Gasteiger partial charge in [-0.3, -0.25) is 4.79 Å². The fourth-order valence-electron chi connectivity index (χ4n) is 0.881. The van der Waals surface area contributed by atoms with Gasteiger partial charge in [-0.25, -0.2) is 5.01 Å². The third-order valence-corrected chi connectivity index (χ3v) is 1.67. The molecule has 0 heterocycles. The zero-order chi connectivity index (χ0) is 10.4. The Bertz CT molecular complexity index is 344. The molecular weight excluding hydrogens is 176 g/mol. The van der Waals surface area contributed by atoms with Gasteiger partial charge < -0.3 is 0 Å². The molecule has 0 fully saturated rings. The lowest BCUT2D eigenvalue weighted by atomic mass is 10.2. The van der Waals surface area contributed by atoms with Crippen molar-refractivity contribution < 1.29 is 4.79 Å². The van der Waals surface area contributed by atoms with Crippen LogP contribution in [0.2, 0.25) is 0 Å². The van der Waals surface area contributed by atoms with Crippen LogP contribution in [0.1, 0.15) is 5.56 Å². The van der Waals surface area contributed by atoms with Gasteiger partial charge in [-0.2, -0.15) is 5.10 Å². The van der Waals surface area contributed by atoms with Gasteiger partial charge >= 0.3 is 0 Å². The topological polar surface area (TPSA) is 32.7 Å². The normalized spacial score (nSPS) is 10.1. The van der Waals surface area contributed by atoms with Crippen LogP contribution in [0.25, 0.3) is 0 Å². The highest BCUT2D eigenvalue weighted by molar-refractivity contribution is 5.88. The van der Waals surface area contributed by atoms with Gasteiger partial charge in [0.15, 0.2) is 0 Å². The highest BCUT2D eigenvalue weighted by Crippen LogP contribution is 1.95. The first-order valence-corrected chi connectivity index (χ1v) is 4.23. The number of likely N-dealkylation sites (N-methyl/N-ethyl adjacent to an activating group) is 1. The monoisotopic (exact) mass is 188 g/mol. The molecule has 0 aliphatic heterocycles. The van der Waals surface area contributed by atoms with Crippen LogP contribution < -0.4 is 0 Å². The molecular formula is C11H12N2O. The molecule has 3 nitrogen and oxygen atoms in total. The minimum absolute atomic E-state index is 0.225. The number of hydrogen-bond donors (Lipinski definition) is 0. The summed E-state index contributed by atoms with van der Waals surface area (Å²) in [4.78, 5) is 11.0. The third kappa shape index (κ3) is 2.86. The average Bonchev–Trinajstić information content (AvgIpc) is 2.26. The summed E-state index contributed by atoms with van der Waals surface area (Å²) in [6.45, 7) is 3.37. The minimum Gasteiger partial charge on any atom is -0.268 e. The Morgan fingerprint density at radius 3 is 2.64 bits per heavy atom. The van der Waals surface area contributed by atoms with Crippen LogP contribution in [0, 0.1) is 0 Å². The zero-order valence-electron chi connectivity index (χ0n) is 8.05. The van der Waals surface area contributed by atoms with Gasteiger partial charge in [0.1, 0.15) is 0 Å². The van der Waals surface area contributed by atoms with E-state index in [0.717, 1.165) is 5.56 Å². The lowest BCUT2D eigenvalue weighted by molar-refractivity contribution is -0.124. The Morgan fingerprint density at radius 2 is 2.07 bits per heavy atom. The van der Waals surface area contributed by atoms with Crippen LogP contribution >= 0.6 is 0 Å². The molecule has 0 N–H and O–H groups in total. The molecule has 1 rings (SSSR count). The maximum absolute atomic E-state index is 11.0. The van der Waals surface area contributed by atoms with Gasteiger partial charge in [0.05, 0.1) is 6.21 Å². The molecule has 0 unspecified atom stereocenters. The molecule has 0 spiro atoms. The van der Waals surface area contributed by atoms with E-state index < -0.39 is 0 Å². The summed E-state index contributed by atoms with van der Waals surface area (Å²) in [5.74, 6) is -0.225. The van der Waals surface area contributed by atoms with E-state index in [-0.39, 0.29) is 5.91 Å². The van der Waals surface area contributed by atoms with E-state index in [4.69, 9.17) is 0 Å². The predicted octanol–water partition coefficient (Wildman–Crippen LogP) is 1.66. The van der Waals surface area contributed by atoms with Crippen molar-refractivity contribution >= 4 is 12.1 Å². The molecule has 1 aromatic rings. The van der Waals surface area contributed by atoms with Crippen molar-refractivity contribution in [1.82, 2.24) is 5.01 Å². The molecule has 0 atom stereocenters. The average molecular weight is 188 g/mol. The summed E-state index contributed by atoms with van der Waals surface area (Å²) in [6, 6.07) is 9.58. The number of hydrogen-bond acceptors (Lipinski definition) is 2. The molecule has 14 heavy (non-hydrogen) atoms. The molecule has 0 aliphatic rings. The maximum atomic E-state index is 11.0. The first-order valence-electron chi connectivity index (χ1n) is 4.23. The van der Waals surface area contributed by atoms with Crippen molar-refractivity contribution in [3.05, 3.63) is 48.6 Å². The van der Waals surface area contributed by atoms with E-state index in [2.05, 4.69) is 11.7 Å². The first kappa shape index (κ1) is 10.2. The van der Waals surface area contributed by atoms with Crippen LogP contribution in [0.15, 0.2) is 48.1 Å². The molecule has 0 saturated carbocycles. The number of benzene rings is 1. The Balaban J connectivity index is 2.65. The van der Waals surface area contributed by atoms with Crippen molar-refractivity contribution in [2.45, 2.75) is 0 Å². The van der Waals surface area contributed by atoms with E-state index in [0.29, 0.717) is 0 Å². The Morgan fingerprint density at radius 1 is 1.43 bits per heavy atom. The van der Waals surface area contributed by atoms with Crippen molar-refractivity contribution in [3.8, 4) is 0 Å². The van der Waals surface area contributed by atoms with E-state index >= 15 is 0 Å². The van der Waals surface area contributed by atoms with Gasteiger partial charge in [-0.1, -0.05) is 36.9 Å². The lowest BCUT2D eigenvalue weighted by Gasteiger charge is -2.06. The fourth-order valence-corrected chi connectivity index (χ4v) is 0.881. The van der Waals surface area contributed by atoms with Gasteiger partial charge in [0, 0.05) is 7.05 Å². The molecule has 3 heteroatoms. The van der Waals surface area contributed by atoms with Gasteiger partial charge in [0.25, 0.3) is 5.91 Å². The second-order valence-corrected chi connectivity index (χ2v) is 2.72. The van der Waals surface area contributed by atoms with Crippen LogP contribution in [0.4, 0.5) is 0 Å². The summed E-state index contributed by atoms with van der Waals surface area (Å²) < 4.78 is 0. The van der Waals surface area contributed by atoms with Crippen molar-refractivity contribution in [2.75, 3.05) is 7.05 Å². The molecule has 0 radical (unpaired) electrons. The molecule has 72 valence electrons. The van der Waals surface area contributed by atoms with Crippen molar-refractivity contribution in [1.29, 1.82) is 0 Å². The predicted molar refractivity (Wildman–Crippen MR) is 57.0 cm³/mol. The number of carbonyl (C=O) groups excluding carboxylic acids is 1. The quantitative estimate of drug-likeness (QED) is 0.403. The van der Waals surface area contributed by atoms with Crippen molar-refractivity contribution in [2.24, 2.45) is 5.10 Å². The summed E-state index contributed by atoms with van der Waals surface area (Å²) >= 11 is 0. The van der Waals surface area contributed by atoms with E-state index in [1.54, 1.807) is 13.3 Å². The van der Waals surface area contributed by atoms with Gasteiger partial charge in [0.2, 0.25) is 0 Å². The summed E-state index contributed by atoms with van der Waals surface area (Å²) in [6.07, 6.45) is 2.85. The molecule has 0 bridgehead atoms. The fraction of sp³-hybridized carbons (Fsp3) is 0.0909. The molecule has 0 aliphatic carbocycles. The number of amides is 1. The van der Waals surface area contributed by atoms with Crippen LogP contribution in [0.3, 0.4) is 0 Å². The molecule has 1 aromatic carbocycles. The molecule has 0 aromatic heterocycles. The smallest absolute Gasteiger partial charge is 0.265 e. The van der Waals surface area contributed by atoms with E-state index in [1.807, 2.05) is 30.3 Å². The standard InChI is InChI=1S/C11H12N2O/c1-3-11(14)13(2)12-9-10-7-5-4-6-8-10/h3-9H,1H2,2H3/b12-9+. The van der Waals surface area contributed by atoms with E-state index in [9.17, 15) is 4.79 Å². The van der Waals surface area contributed by atoms with Crippen LogP contribution in [-0.4, -0.2) is 24.2 Å². The minimum atomic E-state index is -0.225. The summed E-state index contributed by atoms with van der Waals surface area (Å²) in [5.41, 5.74) is 0.955. The second kappa shape index (κ2) is 4.97. The second-order valence-electron chi connectivity index (χ2n) is 2.72. The third-order valence-electron chi connectivity index (χ3n) is 1.67. The number of hydrazone groups is 1. The number of rotatable bonds is 3. The highest BCUT2D eigenvalue weighted by Gasteiger charge is 1.98.